The lowest BCUT2D eigenvalue weighted by atomic mass is 9.98. The average Bonchev–Trinajstić information content (AvgIpc) is 2.04. The first-order valence-electron chi connectivity index (χ1n) is 3.56. The van der Waals surface area contributed by atoms with Gasteiger partial charge < -0.3 is 5.32 Å². The summed E-state index contributed by atoms with van der Waals surface area (Å²) >= 11 is 0. The summed E-state index contributed by atoms with van der Waals surface area (Å²) in [6.07, 6.45) is 6.34. The highest BCUT2D eigenvalue weighted by molar-refractivity contribution is 5.86. The van der Waals surface area contributed by atoms with E-state index < -0.39 is 0 Å². The minimum Gasteiger partial charge on any atom is -0.346 e. The third-order valence-corrected chi connectivity index (χ3v) is 1.79. The molecule has 1 N–H and O–H groups in total. The number of allylic oxidation sites excluding steroid dienone is 2. The first-order chi connectivity index (χ1) is 5.36. The number of Topliss-reactive ketones (excluding diaryl/α,β-unsaturated/α-hetero) is 1. The fourth-order valence-corrected chi connectivity index (χ4v) is 1.23. The number of hydrogen-bond acceptors (Lipinski definition) is 3. The van der Waals surface area contributed by atoms with Gasteiger partial charge in [0.1, 0.15) is 5.78 Å². The highest BCUT2D eigenvalue weighted by Crippen LogP contribution is 2.20. The van der Waals surface area contributed by atoms with Gasteiger partial charge in [-0.2, -0.15) is 0 Å². The fraction of sp³-hybridized carbons (Fsp3) is 0.250. The van der Waals surface area contributed by atoms with Gasteiger partial charge in [-0.3, -0.25) is 4.79 Å². The van der Waals surface area contributed by atoms with Crippen molar-refractivity contribution in [3.05, 3.63) is 23.5 Å². The molecule has 2 aliphatic rings. The van der Waals surface area contributed by atoms with E-state index in [1.165, 1.54) is 0 Å². The maximum Gasteiger partial charge on any atom is 0.141 e. The van der Waals surface area contributed by atoms with Crippen LogP contribution in [0.3, 0.4) is 0 Å². The summed E-state index contributed by atoms with van der Waals surface area (Å²) in [7, 11) is 0. The summed E-state index contributed by atoms with van der Waals surface area (Å²) in [6.45, 7) is 0. The molecule has 0 atom stereocenters. The van der Waals surface area contributed by atoms with Crippen LogP contribution in [0.5, 0.6) is 0 Å². The lowest BCUT2D eigenvalue weighted by molar-refractivity contribution is -0.117. The molecule has 0 aromatic rings. The molecule has 1 aliphatic heterocycles. The summed E-state index contributed by atoms with van der Waals surface area (Å²) in [4.78, 5) is 14.9. The van der Waals surface area contributed by atoms with E-state index in [9.17, 15) is 4.79 Å². The Balaban J connectivity index is 2.35. The van der Waals surface area contributed by atoms with Crippen LogP contribution >= 0.6 is 0 Å². The molecular formula is C8H8N2O. The van der Waals surface area contributed by atoms with Crippen molar-refractivity contribution in [2.24, 2.45) is 4.99 Å². The Labute approximate surface area is 64.5 Å². The van der Waals surface area contributed by atoms with Gasteiger partial charge in [-0.25, -0.2) is 4.99 Å². The number of carbonyl (C=O) groups is 1. The number of nitrogens with zero attached hydrogens (tertiary/aromatic N) is 1. The van der Waals surface area contributed by atoms with E-state index >= 15 is 0 Å². The normalized spacial score (nSPS) is 21.6. The first-order valence-corrected chi connectivity index (χ1v) is 3.56. The van der Waals surface area contributed by atoms with Gasteiger partial charge in [-0.05, 0) is 0 Å². The highest BCUT2D eigenvalue weighted by Gasteiger charge is 2.16. The summed E-state index contributed by atoms with van der Waals surface area (Å²) in [6, 6.07) is 0. The summed E-state index contributed by atoms with van der Waals surface area (Å²) in [5.41, 5.74) is 2.04. The molecule has 0 fully saturated rings. The van der Waals surface area contributed by atoms with Gasteiger partial charge in [0.05, 0.1) is 6.34 Å². The third kappa shape index (κ3) is 1.09. The SMILES string of the molecule is O=C1CC=C2NC=NC=C2C1. The number of ketones is 1. The van der Waals surface area contributed by atoms with E-state index in [-0.39, 0.29) is 5.78 Å². The maximum atomic E-state index is 11.0. The topological polar surface area (TPSA) is 41.5 Å². The number of carbonyl (C=O) groups excluding carboxylic acids is 1. The molecule has 0 amide bonds. The van der Waals surface area contributed by atoms with Crippen LogP contribution < -0.4 is 5.32 Å². The zero-order valence-electron chi connectivity index (χ0n) is 6.00. The molecule has 2 rings (SSSR count). The zero-order valence-corrected chi connectivity index (χ0v) is 6.00. The van der Waals surface area contributed by atoms with Gasteiger partial charge in [0, 0.05) is 30.3 Å². The number of fused-ring (bicyclic) bond motifs is 1. The lowest BCUT2D eigenvalue weighted by Crippen LogP contribution is -2.20. The van der Waals surface area contributed by atoms with Crippen LogP contribution in [0.25, 0.3) is 0 Å². The highest BCUT2D eigenvalue weighted by atomic mass is 16.1. The summed E-state index contributed by atoms with van der Waals surface area (Å²) < 4.78 is 0. The number of aliphatic imine (C=N–C) groups is 1. The molecule has 56 valence electrons. The standard InChI is InChI=1S/C8H8N2O/c11-7-1-2-8-6(3-7)4-9-5-10-8/h2,4-5H,1,3H2,(H,9,10). The number of rotatable bonds is 0. The summed E-state index contributed by atoms with van der Waals surface area (Å²) in [5, 5.41) is 2.99. The smallest absolute Gasteiger partial charge is 0.141 e. The van der Waals surface area contributed by atoms with Gasteiger partial charge in [0.15, 0.2) is 0 Å². The predicted octanol–water partition coefficient (Wildman–Crippen LogP) is 0.749. The molecular weight excluding hydrogens is 140 g/mol. The molecule has 3 nitrogen and oxygen atoms in total. The van der Waals surface area contributed by atoms with Crippen molar-refractivity contribution in [3.63, 3.8) is 0 Å². The van der Waals surface area contributed by atoms with Gasteiger partial charge in [-0.15, -0.1) is 0 Å². The first kappa shape index (κ1) is 6.34. The van der Waals surface area contributed by atoms with Gasteiger partial charge >= 0.3 is 0 Å². The molecule has 0 spiro atoms. The van der Waals surface area contributed by atoms with Crippen molar-refractivity contribution in [1.29, 1.82) is 0 Å². The second-order valence-electron chi connectivity index (χ2n) is 2.61. The van der Waals surface area contributed by atoms with Crippen LogP contribution in [0, 0.1) is 0 Å². The molecule has 1 heterocycles. The molecule has 0 radical (unpaired) electrons. The largest absolute Gasteiger partial charge is 0.346 e. The fourth-order valence-electron chi connectivity index (χ4n) is 1.23. The molecule has 0 bridgehead atoms. The molecule has 0 aromatic carbocycles. The van der Waals surface area contributed by atoms with Gasteiger partial charge in [-0.1, -0.05) is 6.08 Å². The van der Waals surface area contributed by atoms with Gasteiger partial charge in [0.2, 0.25) is 0 Å². The number of hydrogen-bond donors (Lipinski definition) is 1. The Hall–Kier alpha value is -1.38. The second-order valence-corrected chi connectivity index (χ2v) is 2.61. The molecule has 0 unspecified atom stereocenters. The Kier molecular flexibility index (Phi) is 1.35. The van der Waals surface area contributed by atoms with E-state index in [0.717, 1.165) is 11.3 Å². The Morgan fingerprint density at radius 3 is 3.36 bits per heavy atom. The van der Waals surface area contributed by atoms with Crippen LogP contribution in [0.1, 0.15) is 12.8 Å². The molecule has 0 aromatic heterocycles. The van der Waals surface area contributed by atoms with Crippen LogP contribution in [-0.2, 0) is 4.79 Å². The van der Waals surface area contributed by atoms with Crippen LogP contribution in [-0.4, -0.2) is 12.1 Å². The van der Waals surface area contributed by atoms with Crippen molar-refractivity contribution in [2.45, 2.75) is 12.8 Å². The van der Waals surface area contributed by atoms with Crippen molar-refractivity contribution in [3.8, 4) is 0 Å². The van der Waals surface area contributed by atoms with Crippen molar-refractivity contribution < 1.29 is 4.79 Å². The van der Waals surface area contributed by atoms with E-state index in [1.54, 1.807) is 12.5 Å². The van der Waals surface area contributed by atoms with E-state index in [1.807, 2.05) is 6.08 Å². The number of nitrogens with one attached hydrogen (secondary N) is 1. The van der Waals surface area contributed by atoms with E-state index in [4.69, 9.17) is 0 Å². The monoisotopic (exact) mass is 148 g/mol. The maximum absolute atomic E-state index is 11.0. The predicted molar refractivity (Wildman–Crippen MR) is 42.0 cm³/mol. The lowest BCUT2D eigenvalue weighted by Gasteiger charge is -2.17. The van der Waals surface area contributed by atoms with Crippen LogP contribution in [0.4, 0.5) is 0 Å². The van der Waals surface area contributed by atoms with E-state index in [2.05, 4.69) is 10.3 Å². The molecule has 0 saturated heterocycles. The molecule has 11 heavy (non-hydrogen) atoms. The quantitative estimate of drug-likeness (QED) is 0.550. The summed E-state index contributed by atoms with van der Waals surface area (Å²) in [5.74, 6) is 0.263. The molecule has 0 saturated carbocycles. The minimum atomic E-state index is 0.263. The third-order valence-electron chi connectivity index (χ3n) is 1.79. The zero-order chi connectivity index (χ0) is 7.68. The Morgan fingerprint density at radius 1 is 1.55 bits per heavy atom. The van der Waals surface area contributed by atoms with Crippen LogP contribution in [0.15, 0.2) is 28.5 Å². The molecule has 3 heteroatoms. The Morgan fingerprint density at radius 2 is 2.45 bits per heavy atom. The second kappa shape index (κ2) is 2.34. The average molecular weight is 148 g/mol. The van der Waals surface area contributed by atoms with Crippen molar-refractivity contribution >= 4 is 12.1 Å². The van der Waals surface area contributed by atoms with Crippen LogP contribution in [0.2, 0.25) is 0 Å². The van der Waals surface area contributed by atoms with Gasteiger partial charge in [0.25, 0.3) is 0 Å². The van der Waals surface area contributed by atoms with E-state index in [0.29, 0.717) is 12.8 Å². The van der Waals surface area contributed by atoms with Crippen molar-refractivity contribution in [2.75, 3.05) is 0 Å². The minimum absolute atomic E-state index is 0.263. The Bertz CT molecular complexity index is 286. The molecule has 1 aliphatic carbocycles. The van der Waals surface area contributed by atoms with Crippen molar-refractivity contribution in [1.82, 2.24) is 5.32 Å².